The highest BCUT2D eigenvalue weighted by molar-refractivity contribution is 5.76. The second-order valence-electron chi connectivity index (χ2n) is 7.52. The molecule has 3 rings (SSSR count). The van der Waals surface area contributed by atoms with Crippen molar-refractivity contribution in [3.8, 4) is 0 Å². The molecule has 2 aromatic heterocycles. The monoisotopic (exact) mass is 417 g/mol. The van der Waals surface area contributed by atoms with Crippen molar-refractivity contribution in [2.75, 3.05) is 18.0 Å². The van der Waals surface area contributed by atoms with Gasteiger partial charge < -0.3 is 20.4 Å². The molecule has 0 aromatic carbocycles. The molecule has 9 heteroatoms. The third-order valence-electron chi connectivity index (χ3n) is 4.84. The lowest BCUT2D eigenvalue weighted by molar-refractivity contribution is -0.123. The molecule has 0 unspecified atom stereocenters. The summed E-state index contributed by atoms with van der Waals surface area (Å²) in [7, 11) is 0. The number of hydrogen-bond donors (Lipinski definition) is 3. The average Bonchev–Trinajstić information content (AvgIpc) is 2.99. The number of carboxylic acid groups (broad SMARTS) is 1. The quantitative estimate of drug-likeness (QED) is 0.609. The van der Waals surface area contributed by atoms with Crippen LogP contribution in [-0.2, 0) is 16.1 Å². The zero-order chi connectivity index (χ0) is 22.1. The molecule has 1 amide bonds. The fourth-order valence-corrected chi connectivity index (χ4v) is 3.60. The van der Waals surface area contributed by atoms with E-state index in [9.17, 15) is 9.90 Å². The van der Waals surface area contributed by atoms with Crippen molar-refractivity contribution in [2.45, 2.75) is 58.7 Å². The number of β-amino-alcohol motifs (C(OH)–C–C–N with tert-alkyl or cyclic N) is 1. The standard InChI is InChI=1S/C20H29N5O2.CH2O2/c1-4-5-20(27)22-17-9-18(26)13-24(12-17)19-7-6-16(10-21-19)11-25-15(3)8-14(2)23-25;2-1-3/h6-8,10,17-18,26H,4-5,9,11-13H2,1-3H3,(H,22,27);1H,(H,2,3)/t17-,18+;/m0./s1. The molecule has 9 nitrogen and oxygen atoms in total. The molecule has 0 aliphatic carbocycles. The van der Waals surface area contributed by atoms with E-state index in [2.05, 4.69) is 21.5 Å². The van der Waals surface area contributed by atoms with Crippen LogP contribution in [0.15, 0.2) is 24.4 Å². The van der Waals surface area contributed by atoms with Gasteiger partial charge in [0.15, 0.2) is 0 Å². The summed E-state index contributed by atoms with van der Waals surface area (Å²) in [5.41, 5.74) is 3.22. The van der Waals surface area contributed by atoms with Gasteiger partial charge in [0.25, 0.3) is 6.47 Å². The second-order valence-corrected chi connectivity index (χ2v) is 7.52. The summed E-state index contributed by atoms with van der Waals surface area (Å²) in [4.78, 5) is 26.9. The summed E-state index contributed by atoms with van der Waals surface area (Å²) in [6, 6.07) is 6.03. The Hall–Kier alpha value is -2.94. The highest BCUT2D eigenvalue weighted by Crippen LogP contribution is 2.19. The molecule has 1 saturated heterocycles. The molecule has 1 fully saturated rings. The van der Waals surface area contributed by atoms with Crippen molar-refractivity contribution < 1.29 is 19.8 Å². The lowest BCUT2D eigenvalue weighted by Crippen LogP contribution is -2.53. The van der Waals surface area contributed by atoms with E-state index >= 15 is 0 Å². The fraction of sp³-hybridized carbons (Fsp3) is 0.524. The summed E-state index contributed by atoms with van der Waals surface area (Å²) >= 11 is 0. The van der Waals surface area contributed by atoms with E-state index in [0.717, 1.165) is 29.2 Å². The molecule has 30 heavy (non-hydrogen) atoms. The van der Waals surface area contributed by atoms with Gasteiger partial charge in [0.1, 0.15) is 5.82 Å². The minimum atomic E-state index is -0.471. The highest BCUT2D eigenvalue weighted by Gasteiger charge is 2.27. The third-order valence-corrected chi connectivity index (χ3v) is 4.84. The van der Waals surface area contributed by atoms with Crippen LogP contribution < -0.4 is 10.2 Å². The number of carbonyl (C=O) groups is 2. The van der Waals surface area contributed by atoms with Gasteiger partial charge in [0.05, 0.1) is 18.3 Å². The maximum atomic E-state index is 11.9. The second kappa shape index (κ2) is 11.3. The molecule has 1 aliphatic heterocycles. The van der Waals surface area contributed by atoms with E-state index in [-0.39, 0.29) is 18.4 Å². The first-order valence-corrected chi connectivity index (χ1v) is 10.1. The van der Waals surface area contributed by atoms with Crippen LogP contribution in [0.4, 0.5) is 5.82 Å². The Bertz CT molecular complexity index is 821. The number of amides is 1. The molecular formula is C21H31N5O4. The number of aliphatic hydroxyl groups is 1. The number of rotatable bonds is 6. The molecular weight excluding hydrogens is 386 g/mol. The fourth-order valence-electron chi connectivity index (χ4n) is 3.60. The summed E-state index contributed by atoms with van der Waals surface area (Å²) < 4.78 is 1.97. The molecule has 1 aliphatic rings. The number of pyridine rings is 1. The number of nitrogens with one attached hydrogen (secondary N) is 1. The van der Waals surface area contributed by atoms with E-state index in [1.54, 1.807) is 0 Å². The van der Waals surface area contributed by atoms with Crippen molar-refractivity contribution in [3.05, 3.63) is 41.3 Å². The number of piperidine rings is 1. The first-order chi connectivity index (χ1) is 14.4. The highest BCUT2D eigenvalue weighted by atomic mass is 16.3. The third kappa shape index (κ3) is 6.84. The largest absolute Gasteiger partial charge is 0.483 e. The van der Waals surface area contributed by atoms with Gasteiger partial charge in [-0.25, -0.2) is 4.98 Å². The van der Waals surface area contributed by atoms with Crippen molar-refractivity contribution >= 4 is 18.2 Å². The lowest BCUT2D eigenvalue weighted by atomic mass is 10.0. The number of nitrogens with zero attached hydrogens (tertiary/aromatic N) is 4. The molecule has 2 aromatic rings. The Labute approximate surface area is 176 Å². The van der Waals surface area contributed by atoms with Gasteiger partial charge in [0.2, 0.25) is 5.91 Å². The molecule has 3 N–H and O–H groups in total. The number of aryl methyl sites for hydroxylation is 2. The number of anilines is 1. The van der Waals surface area contributed by atoms with Gasteiger partial charge in [-0.15, -0.1) is 0 Å². The van der Waals surface area contributed by atoms with E-state index in [1.165, 1.54) is 0 Å². The lowest BCUT2D eigenvalue weighted by Gasteiger charge is -2.36. The van der Waals surface area contributed by atoms with Crippen LogP contribution in [0.2, 0.25) is 0 Å². The van der Waals surface area contributed by atoms with Crippen molar-refractivity contribution in [3.63, 3.8) is 0 Å². The van der Waals surface area contributed by atoms with Gasteiger partial charge in [-0.2, -0.15) is 5.10 Å². The minimum absolute atomic E-state index is 0.0461. The number of hydrogen-bond acceptors (Lipinski definition) is 6. The van der Waals surface area contributed by atoms with E-state index in [4.69, 9.17) is 9.90 Å². The van der Waals surface area contributed by atoms with Gasteiger partial charge >= 0.3 is 0 Å². The Morgan fingerprint density at radius 1 is 1.33 bits per heavy atom. The zero-order valence-electron chi connectivity index (χ0n) is 17.8. The van der Waals surface area contributed by atoms with Gasteiger partial charge in [-0.05, 0) is 44.4 Å². The predicted molar refractivity (Wildman–Crippen MR) is 113 cm³/mol. The van der Waals surface area contributed by atoms with Crippen molar-refractivity contribution in [1.82, 2.24) is 20.1 Å². The smallest absolute Gasteiger partial charge is 0.290 e. The maximum absolute atomic E-state index is 11.9. The van der Waals surface area contributed by atoms with E-state index in [0.29, 0.717) is 32.5 Å². The van der Waals surface area contributed by atoms with Crippen LogP contribution in [0, 0.1) is 13.8 Å². The Morgan fingerprint density at radius 2 is 2.07 bits per heavy atom. The molecule has 0 radical (unpaired) electrons. The summed E-state index contributed by atoms with van der Waals surface area (Å²) in [5, 5.41) is 24.6. The van der Waals surface area contributed by atoms with E-state index in [1.807, 2.05) is 48.7 Å². The van der Waals surface area contributed by atoms with Crippen LogP contribution in [-0.4, -0.2) is 62.6 Å². The van der Waals surface area contributed by atoms with Crippen molar-refractivity contribution in [1.29, 1.82) is 0 Å². The van der Waals surface area contributed by atoms with Crippen LogP contribution in [0.25, 0.3) is 0 Å². The minimum Gasteiger partial charge on any atom is -0.483 e. The number of aliphatic hydroxyl groups excluding tert-OH is 1. The topological polar surface area (TPSA) is 121 Å². The van der Waals surface area contributed by atoms with Crippen LogP contribution in [0.3, 0.4) is 0 Å². The molecule has 0 saturated carbocycles. The summed E-state index contributed by atoms with van der Waals surface area (Å²) in [6.07, 6.45) is 3.32. The van der Waals surface area contributed by atoms with Crippen LogP contribution in [0.5, 0.6) is 0 Å². The number of carbonyl (C=O) groups excluding carboxylic acids is 1. The van der Waals surface area contributed by atoms with Gasteiger partial charge in [-0.3, -0.25) is 14.3 Å². The van der Waals surface area contributed by atoms with Crippen molar-refractivity contribution in [2.24, 2.45) is 0 Å². The summed E-state index contributed by atoms with van der Waals surface area (Å²) in [6.45, 7) is 7.65. The molecule has 0 bridgehead atoms. The van der Waals surface area contributed by atoms with Crippen LogP contribution >= 0.6 is 0 Å². The van der Waals surface area contributed by atoms with Gasteiger partial charge in [0, 0.05) is 37.4 Å². The predicted octanol–water partition coefficient (Wildman–Crippen LogP) is 1.50. The molecule has 164 valence electrons. The van der Waals surface area contributed by atoms with E-state index < -0.39 is 6.10 Å². The first kappa shape index (κ1) is 23.3. The Kier molecular flexibility index (Phi) is 8.79. The SMILES string of the molecule is CCCC(=O)N[C@H]1C[C@@H](O)CN(c2ccc(Cn3nc(C)cc3C)cn2)C1.O=CO. The van der Waals surface area contributed by atoms with Crippen LogP contribution in [0.1, 0.15) is 43.1 Å². The Morgan fingerprint density at radius 3 is 2.63 bits per heavy atom. The average molecular weight is 418 g/mol. The maximum Gasteiger partial charge on any atom is 0.290 e. The first-order valence-electron chi connectivity index (χ1n) is 10.1. The summed E-state index contributed by atoms with van der Waals surface area (Å²) in [5.74, 6) is 0.866. The molecule has 0 spiro atoms. The van der Waals surface area contributed by atoms with Gasteiger partial charge in [-0.1, -0.05) is 13.0 Å². The normalized spacial score (nSPS) is 18.3. The zero-order valence-corrected chi connectivity index (χ0v) is 17.8. The molecule has 3 heterocycles. The molecule has 2 atom stereocenters. The Balaban J connectivity index is 0.00000101. The number of aromatic nitrogens is 3.